The van der Waals surface area contributed by atoms with Gasteiger partial charge in [0.2, 0.25) is 5.82 Å². The van der Waals surface area contributed by atoms with Gasteiger partial charge in [0.1, 0.15) is 0 Å². The fourth-order valence-corrected chi connectivity index (χ4v) is 2.49. The molecule has 126 valence electrons. The van der Waals surface area contributed by atoms with Crippen molar-refractivity contribution >= 4 is 11.9 Å². The van der Waals surface area contributed by atoms with Crippen LogP contribution in [0.3, 0.4) is 0 Å². The van der Waals surface area contributed by atoms with E-state index < -0.39 is 34.4 Å². The zero-order valence-corrected chi connectivity index (χ0v) is 12.8. The molecule has 1 aliphatic carbocycles. The summed E-state index contributed by atoms with van der Waals surface area (Å²) in [6.07, 6.45) is 1.36. The van der Waals surface area contributed by atoms with E-state index in [1.807, 2.05) is 4.98 Å². The Morgan fingerprint density at radius 1 is 1.35 bits per heavy atom. The summed E-state index contributed by atoms with van der Waals surface area (Å²) in [5.74, 6) is -2.12. The molecule has 0 aliphatic heterocycles. The standard InChI is InChI=1S/C14H17FN2O6/c1-8(18)22-5-10-3-14(10,7-23-9(2)19)6-17-4-11(15)12(20)16-13(17)21/h4,10H,3,5-7H2,1-2H3,(H,16,20,21). The maximum Gasteiger partial charge on any atom is 0.328 e. The van der Waals surface area contributed by atoms with E-state index in [0.29, 0.717) is 6.42 Å². The van der Waals surface area contributed by atoms with E-state index in [0.717, 1.165) is 10.8 Å². The Labute approximate surface area is 130 Å². The SMILES string of the molecule is CC(=O)OCC1CC1(COC(C)=O)Cn1cc(F)c(=O)[nH]c1=O. The van der Waals surface area contributed by atoms with E-state index in [9.17, 15) is 23.6 Å². The zero-order valence-electron chi connectivity index (χ0n) is 12.8. The summed E-state index contributed by atoms with van der Waals surface area (Å²) in [7, 11) is 0. The van der Waals surface area contributed by atoms with Crippen molar-refractivity contribution < 1.29 is 23.5 Å². The number of hydrogen-bond donors (Lipinski definition) is 1. The fraction of sp³-hybridized carbons (Fsp3) is 0.571. The minimum atomic E-state index is -1.09. The van der Waals surface area contributed by atoms with Gasteiger partial charge >= 0.3 is 17.6 Å². The van der Waals surface area contributed by atoms with E-state index in [2.05, 4.69) is 0 Å². The lowest BCUT2D eigenvalue weighted by Gasteiger charge is -2.18. The van der Waals surface area contributed by atoms with Crippen LogP contribution in [0.2, 0.25) is 0 Å². The summed E-state index contributed by atoms with van der Waals surface area (Å²) < 4.78 is 24.3. The topological polar surface area (TPSA) is 107 Å². The zero-order chi connectivity index (χ0) is 17.2. The van der Waals surface area contributed by atoms with Crippen molar-refractivity contribution in [3.05, 3.63) is 32.9 Å². The third-order valence-corrected chi connectivity index (χ3v) is 3.86. The molecule has 0 saturated heterocycles. The van der Waals surface area contributed by atoms with Crippen LogP contribution in [0.15, 0.2) is 15.8 Å². The molecule has 1 aromatic rings. The minimum Gasteiger partial charge on any atom is -0.466 e. The van der Waals surface area contributed by atoms with Gasteiger partial charge in [0.25, 0.3) is 5.56 Å². The second-order valence-corrected chi connectivity index (χ2v) is 5.71. The average molecular weight is 328 g/mol. The number of aromatic amines is 1. The molecule has 8 nitrogen and oxygen atoms in total. The number of H-pyrrole nitrogens is 1. The lowest BCUT2D eigenvalue weighted by atomic mass is 10.1. The first-order chi connectivity index (χ1) is 10.7. The molecule has 9 heteroatoms. The molecule has 2 unspecified atom stereocenters. The van der Waals surface area contributed by atoms with Crippen LogP contribution in [0.4, 0.5) is 4.39 Å². The number of rotatable bonds is 6. The smallest absolute Gasteiger partial charge is 0.328 e. The number of ether oxygens (including phenoxy) is 2. The Bertz CT molecular complexity index is 740. The highest BCUT2D eigenvalue weighted by Crippen LogP contribution is 2.54. The molecular formula is C14H17FN2O6. The number of aromatic nitrogens is 2. The average Bonchev–Trinajstić information content (AvgIpc) is 3.14. The molecule has 0 aromatic carbocycles. The van der Waals surface area contributed by atoms with Crippen molar-refractivity contribution in [1.82, 2.24) is 9.55 Å². The summed E-state index contributed by atoms with van der Waals surface area (Å²) in [5.41, 5.74) is -2.47. The highest BCUT2D eigenvalue weighted by molar-refractivity contribution is 5.66. The van der Waals surface area contributed by atoms with Crippen molar-refractivity contribution in [3.63, 3.8) is 0 Å². The highest BCUT2D eigenvalue weighted by atomic mass is 19.1. The minimum absolute atomic E-state index is 0.0153. The summed E-state index contributed by atoms with van der Waals surface area (Å²) in [6.45, 7) is 2.71. The van der Waals surface area contributed by atoms with Gasteiger partial charge in [-0.2, -0.15) is 4.39 Å². The molecule has 1 aromatic heterocycles. The molecule has 2 atom stereocenters. The van der Waals surface area contributed by atoms with Crippen LogP contribution in [0.1, 0.15) is 20.3 Å². The Kier molecular flexibility index (Phi) is 4.67. The molecule has 1 heterocycles. The number of carbonyl (C=O) groups is 2. The lowest BCUT2D eigenvalue weighted by molar-refractivity contribution is -0.145. The van der Waals surface area contributed by atoms with Crippen molar-refractivity contribution in [2.24, 2.45) is 11.3 Å². The Morgan fingerprint density at radius 2 is 2.00 bits per heavy atom. The third-order valence-electron chi connectivity index (χ3n) is 3.86. The first-order valence-corrected chi connectivity index (χ1v) is 6.99. The van der Waals surface area contributed by atoms with Gasteiger partial charge in [-0.3, -0.25) is 23.9 Å². The highest BCUT2D eigenvalue weighted by Gasteiger charge is 2.56. The number of carbonyl (C=O) groups excluding carboxylic acids is 2. The van der Waals surface area contributed by atoms with Crippen LogP contribution in [-0.4, -0.2) is 34.7 Å². The van der Waals surface area contributed by atoms with Crippen LogP contribution >= 0.6 is 0 Å². The van der Waals surface area contributed by atoms with Gasteiger partial charge in [0.15, 0.2) is 0 Å². The predicted molar refractivity (Wildman–Crippen MR) is 75.1 cm³/mol. The number of nitrogens with zero attached hydrogens (tertiary/aromatic N) is 1. The Balaban J connectivity index is 2.18. The van der Waals surface area contributed by atoms with E-state index in [4.69, 9.17) is 9.47 Å². The van der Waals surface area contributed by atoms with Gasteiger partial charge in [-0.25, -0.2) is 4.79 Å². The van der Waals surface area contributed by atoms with Gasteiger partial charge in [-0.1, -0.05) is 0 Å². The molecule has 1 N–H and O–H groups in total. The van der Waals surface area contributed by atoms with E-state index in [-0.39, 0.29) is 25.7 Å². The molecule has 2 rings (SSSR count). The summed E-state index contributed by atoms with van der Waals surface area (Å²) >= 11 is 0. The molecule has 23 heavy (non-hydrogen) atoms. The number of hydrogen-bond acceptors (Lipinski definition) is 6. The molecule has 0 radical (unpaired) electrons. The molecule has 1 fully saturated rings. The summed E-state index contributed by atoms with van der Waals surface area (Å²) in [6, 6.07) is 0. The summed E-state index contributed by atoms with van der Waals surface area (Å²) in [5, 5.41) is 0. The molecular weight excluding hydrogens is 311 g/mol. The van der Waals surface area contributed by atoms with Gasteiger partial charge in [-0.05, 0) is 6.42 Å². The second kappa shape index (κ2) is 6.35. The molecule has 1 saturated carbocycles. The van der Waals surface area contributed by atoms with Gasteiger partial charge in [-0.15, -0.1) is 0 Å². The van der Waals surface area contributed by atoms with Crippen LogP contribution in [0.25, 0.3) is 0 Å². The van der Waals surface area contributed by atoms with Crippen molar-refractivity contribution in [3.8, 4) is 0 Å². The Hall–Kier alpha value is -2.45. The van der Waals surface area contributed by atoms with Crippen LogP contribution in [0.5, 0.6) is 0 Å². The molecule has 1 aliphatic rings. The number of nitrogens with one attached hydrogen (secondary N) is 1. The largest absolute Gasteiger partial charge is 0.466 e. The van der Waals surface area contributed by atoms with E-state index in [1.165, 1.54) is 13.8 Å². The fourth-order valence-electron chi connectivity index (χ4n) is 2.49. The molecule has 0 bridgehead atoms. The monoisotopic (exact) mass is 328 g/mol. The Morgan fingerprint density at radius 3 is 2.61 bits per heavy atom. The maximum absolute atomic E-state index is 13.4. The van der Waals surface area contributed by atoms with Crippen LogP contribution < -0.4 is 11.2 Å². The van der Waals surface area contributed by atoms with Crippen LogP contribution in [0, 0.1) is 17.2 Å². The first kappa shape index (κ1) is 16.9. The van der Waals surface area contributed by atoms with Crippen molar-refractivity contribution in [2.75, 3.05) is 13.2 Å². The normalized spacial score (nSPS) is 22.5. The molecule has 0 amide bonds. The predicted octanol–water partition coefficient (Wildman–Crippen LogP) is -0.192. The van der Waals surface area contributed by atoms with Crippen LogP contribution in [-0.2, 0) is 25.6 Å². The summed E-state index contributed by atoms with van der Waals surface area (Å²) in [4.78, 5) is 46.6. The van der Waals surface area contributed by atoms with Gasteiger partial charge < -0.3 is 9.47 Å². The number of halogens is 1. The molecule has 0 spiro atoms. The maximum atomic E-state index is 13.4. The third kappa shape index (κ3) is 4.05. The number of esters is 2. The van der Waals surface area contributed by atoms with Gasteiger partial charge in [0.05, 0.1) is 19.4 Å². The lowest BCUT2D eigenvalue weighted by Crippen LogP contribution is -2.35. The van der Waals surface area contributed by atoms with E-state index in [1.54, 1.807) is 0 Å². The van der Waals surface area contributed by atoms with Crippen molar-refractivity contribution in [1.29, 1.82) is 0 Å². The van der Waals surface area contributed by atoms with Gasteiger partial charge in [0, 0.05) is 31.7 Å². The quantitative estimate of drug-likeness (QED) is 0.725. The van der Waals surface area contributed by atoms with E-state index >= 15 is 0 Å². The van der Waals surface area contributed by atoms with Crippen molar-refractivity contribution in [2.45, 2.75) is 26.8 Å². The first-order valence-electron chi connectivity index (χ1n) is 6.99. The second-order valence-electron chi connectivity index (χ2n) is 5.71.